The van der Waals surface area contributed by atoms with Gasteiger partial charge in [0.2, 0.25) is 0 Å². The second-order valence-electron chi connectivity index (χ2n) is 6.51. The number of unbranched alkanes of at least 4 members (excludes halogenated alkanes) is 2. The Kier molecular flexibility index (Phi) is 5.89. The molecule has 0 saturated carbocycles. The van der Waals surface area contributed by atoms with Crippen LogP contribution in [0.2, 0.25) is 0 Å². The van der Waals surface area contributed by atoms with Crippen LogP contribution in [0.15, 0.2) is 41.9 Å². The van der Waals surface area contributed by atoms with Crippen LogP contribution in [0.25, 0.3) is 10.6 Å². The fraction of sp³-hybridized carbons (Fsp3) is 0.333. The predicted octanol–water partition coefficient (Wildman–Crippen LogP) is 4.80. The van der Waals surface area contributed by atoms with Gasteiger partial charge in [0.15, 0.2) is 0 Å². The van der Waals surface area contributed by atoms with Gasteiger partial charge in [0, 0.05) is 35.1 Å². The SMILES string of the molecule is CCCCCc1c(-c2nccs2)c(C(N)=O)c(C)n1Cc1ccccc1. The van der Waals surface area contributed by atoms with Crippen molar-refractivity contribution in [3.63, 3.8) is 0 Å². The number of hydrogen-bond acceptors (Lipinski definition) is 3. The molecule has 0 unspecified atom stereocenters. The monoisotopic (exact) mass is 367 g/mol. The summed E-state index contributed by atoms with van der Waals surface area (Å²) in [5.74, 6) is -0.378. The van der Waals surface area contributed by atoms with Crippen molar-refractivity contribution in [2.24, 2.45) is 5.73 Å². The van der Waals surface area contributed by atoms with Gasteiger partial charge in [-0.15, -0.1) is 11.3 Å². The normalized spacial score (nSPS) is 11.0. The number of nitrogens with two attached hydrogens (primary N) is 1. The molecule has 5 heteroatoms. The second kappa shape index (κ2) is 8.32. The zero-order valence-corrected chi connectivity index (χ0v) is 16.2. The van der Waals surface area contributed by atoms with Crippen molar-refractivity contribution in [1.29, 1.82) is 0 Å². The van der Waals surface area contributed by atoms with E-state index in [1.165, 1.54) is 17.7 Å². The zero-order valence-electron chi connectivity index (χ0n) is 15.4. The van der Waals surface area contributed by atoms with Gasteiger partial charge in [0.05, 0.1) is 5.56 Å². The Bertz CT molecular complexity index is 867. The Morgan fingerprint density at radius 1 is 1.23 bits per heavy atom. The van der Waals surface area contributed by atoms with Crippen molar-refractivity contribution in [2.75, 3.05) is 0 Å². The molecule has 3 rings (SSSR count). The summed E-state index contributed by atoms with van der Waals surface area (Å²) in [6.45, 7) is 4.92. The second-order valence-corrected chi connectivity index (χ2v) is 7.41. The molecule has 0 aliphatic rings. The van der Waals surface area contributed by atoms with E-state index in [0.29, 0.717) is 5.56 Å². The fourth-order valence-corrected chi connectivity index (χ4v) is 4.17. The first-order chi connectivity index (χ1) is 12.6. The summed E-state index contributed by atoms with van der Waals surface area (Å²) in [7, 11) is 0. The van der Waals surface area contributed by atoms with Gasteiger partial charge in [-0.1, -0.05) is 50.1 Å². The summed E-state index contributed by atoms with van der Waals surface area (Å²) >= 11 is 1.56. The topological polar surface area (TPSA) is 60.9 Å². The number of benzene rings is 1. The molecule has 0 saturated heterocycles. The molecule has 26 heavy (non-hydrogen) atoms. The van der Waals surface area contributed by atoms with Crippen LogP contribution in [0.4, 0.5) is 0 Å². The van der Waals surface area contributed by atoms with Crippen molar-refractivity contribution in [2.45, 2.75) is 46.1 Å². The van der Waals surface area contributed by atoms with Crippen molar-refractivity contribution >= 4 is 17.2 Å². The van der Waals surface area contributed by atoms with E-state index >= 15 is 0 Å². The first-order valence-corrected chi connectivity index (χ1v) is 9.97. The summed E-state index contributed by atoms with van der Waals surface area (Å²) in [6.07, 6.45) is 6.12. The maximum absolute atomic E-state index is 12.3. The van der Waals surface area contributed by atoms with Crippen molar-refractivity contribution in [3.8, 4) is 10.6 Å². The molecular formula is C21H25N3OS. The van der Waals surface area contributed by atoms with Crippen molar-refractivity contribution in [3.05, 3.63) is 64.4 Å². The summed E-state index contributed by atoms with van der Waals surface area (Å²) in [5.41, 5.74) is 10.6. The highest BCUT2D eigenvalue weighted by Gasteiger charge is 2.25. The van der Waals surface area contributed by atoms with Crippen LogP contribution in [0, 0.1) is 6.92 Å². The van der Waals surface area contributed by atoms with Crippen molar-refractivity contribution < 1.29 is 4.79 Å². The maximum Gasteiger partial charge on any atom is 0.251 e. The number of primary amides is 1. The highest BCUT2D eigenvalue weighted by atomic mass is 32.1. The third kappa shape index (κ3) is 3.73. The summed E-state index contributed by atoms with van der Waals surface area (Å²) in [6, 6.07) is 10.3. The van der Waals surface area contributed by atoms with E-state index in [1.807, 2.05) is 30.5 Å². The number of thiazole rings is 1. The van der Waals surface area contributed by atoms with E-state index < -0.39 is 0 Å². The Hall–Kier alpha value is -2.40. The van der Waals surface area contributed by atoms with Crippen LogP contribution < -0.4 is 5.73 Å². The molecule has 2 N–H and O–H groups in total. The molecule has 0 atom stereocenters. The molecule has 0 fully saturated rings. The third-order valence-electron chi connectivity index (χ3n) is 4.72. The third-order valence-corrected chi connectivity index (χ3v) is 5.51. The minimum Gasteiger partial charge on any atom is -0.366 e. The van der Waals surface area contributed by atoms with Crippen LogP contribution in [0.1, 0.15) is 53.5 Å². The average molecular weight is 368 g/mol. The van der Waals surface area contributed by atoms with Crippen LogP contribution >= 0.6 is 11.3 Å². The number of aromatic nitrogens is 2. The largest absolute Gasteiger partial charge is 0.366 e. The van der Waals surface area contributed by atoms with Gasteiger partial charge >= 0.3 is 0 Å². The number of carbonyl (C=O) groups is 1. The number of hydrogen-bond donors (Lipinski definition) is 1. The molecule has 2 aromatic heterocycles. The molecule has 0 bridgehead atoms. The molecule has 4 nitrogen and oxygen atoms in total. The molecular weight excluding hydrogens is 342 g/mol. The van der Waals surface area contributed by atoms with Crippen LogP contribution in [0.5, 0.6) is 0 Å². The van der Waals surface area contributed by atoms with Gasteiger partial charge in [-0.3, -0.25) is 4.79 Å². The van der Waals surface area contributed by atoms with Crippen molar-refractivity contribution in [1.82, 2.24) is 9.55 Å². The Morgan fingerprint density at radius 3 is 2.62 bits per heavy atom. The lowest BCUT2D eigenvalue weighted by molar-refractivity contribution is 0.1000. The van der Waals surface area contributed by atoms with Crippen LogP contribution in [-0.4, -0.2) is 15.5 Å². The van der Waals surface area contributed by atoms with Gasteiger partial charge in [-0.05, 0) is 25.3 Å². The zero-order chi connectivity index (χ0) is 18.5. The van der Waals surface area contributed by atoms with Gasteiger partial charge in [-0.25, -0.2) is 4.98 Å². The van der Waals surface area contributed by atoms with Crippen LogP contribution in [-0.2, 0) is 13.0 Å². The van der Waals surface area contributed by atoms with E-state index in [2.05, 4.69) is 28.6 Å². The summed E-state index contributed by atoms with van der Waals surface area (Å²) in [5, 5.41) is 2.82. The van der Waals surface area contributed by atoms with Crippen LogP contribution in [0.3, 0.4) is 0 Å². The van der Waals surface area contributed by atoms with E-state index in [1.54, 1.807) is 17.5 Å². The molecule has 1 aromatic carbocycles. The highest BCUT2D eigenvalue weighted by Crippen LogP contribution is 2.35. The smallest absolute Gasteiger partial charge is 0.251 e. The van der Waals surface area contributed by atoms with Gasteiger partial charge in [0.25, 0.3) is 5.91 Å². The Morgan fingerprint density at radius 2 is 2.00 bits per heavy atom. The number of amides is 1. The fourth-order valence-electron chi connectivity index (χ4n) is 3.46. The first-order valence-electron chi connectivity index (χ1n) is 9.09. The lowest BCUT2D eigenvalue weighted by Gasteiger charge is -2.13. The van der Waals surface area contributed by atoms with E-state index in [0.717, 1.165) is 42.1 Å². The predicted molar refractivity (Wildman–Crippen MR) is 108 cm³/mol. The first kappa shape index (κ1) is 18.4. The molecule has 0 spiro atoms. The number of rotatable bonds is 8. The lowest BCUT2D eigenvalue weighted by atomic mass is 10.0. The number of nitrogens with zero attached hydrogens (tertiary/aromatic N) is 2. The molecule has 1 amide bonds. The van der Waals surface area contributed by atoms with Gasteiger partial charge in [-0.2, -0.15) is 0 Å². The molecule has 0 aliphatic carbocycles. The minimum atomic E-state index is -0.378. The van der Waals surface area contributed by atoms with Gasteiger partial charge < -0.3 is 10.3 Å². The standard InChI is InChI=1S/C21H25N3OS/c1-3-4-6-11-17-19(21-23-12-13-26-21)18(20(22)25)15(2)24(17)14-16-9-7-5-8-10-16/h5,7-10,12-13H,3-4,6,11,14H2,1-2H3,(H2,22,25). The van der Waals surface area contributed by atoms with Gasteiger partial charge in [0.1, 0.15) is 5.01 Å². The molecule has 0 aliphatic heterocycles. The molecule has 3 aromatic rings. The number of carbonyl (C=O) groups excluding carboxylic acids is 1. The maximum atomic E-state index is 12.3. The van der Waals surface area contributed by atoms with E-state index in [4.69, 9.17) is 5.73 Å². The lowest BCUT2D eigenvalue weighted by Crippen LogP contribution is -2.13. The molecule has 0 radical (unpaired) electrons. The quantitative estimate of drug-likeness (QED) is 0.581. The minimum absolute atomic E-state index is 0.378. The summed E-state index contributed by atoms with van der Waals surface area (Å²) in [4.78, 5) is 16.7. The van der Waals surface area contributed by atoms with E-state index in [9.17, 15) is 4.79 Å². The Labute approximate surface area is 158 Å². The summed E-state index contributed by atoms with van der Waals surface area (Å²) < 4.78 is 2.25. The highest BCUT2D eigenvalue weighted by molar-refractivity contribution is 7.13. The van der Waals surface area contributed by atoms with E-state index in [-0.39, 0.29) is 5.91 Å². The molecule has 2 heterocycles. The Balaban J connectivity index is 2.14. The molecule has 136 valence electrons. The average Bonchev–Trinajstić information content (AvgIpc) is 3.24.